The first kappa shape index (κ1) is 13.0. The first-order valence-electron chi connectivity index (χ1n) is 5.92. The lowest BCUT2D eigenvalue weighted by molar-refractivity contribution is -0.147. The second kappa shape index (κ2) is 5.84. The number of carbonyl (C=O) groups is 2. The van der Waals surface area contributed by atoms with E-state index in [0.29, 0.717) is 13.1 Å². The van der Waals surface area contributed by atoms with Gasteiger partial charge in [-0.1, -0.05) is 6.92 Å². The topological polar surface area (TPSA) is 75.4 Å². The van der Waals surface area contributed by atoms with Gasteiger partial charge < -0.3 is 16.0 Å². The summed E-state index contributed by atoms with van der Waals surface area (Å²) in [6, 6.07) is 0.382. The molecule has 0 aromatic carbocycles. The monoisotopic (exact) mass is 227 g/mol. The zero-order valence-corrected chi connectivity index (χ0v) is 10.0. The average molecular weight is 227 g/mol. The van der Waals surface area contributed by atoms with Crippen molar-refractivity contribution in [1.82, 2.24) is 10.2 Å². The number of hydrogen-bond donors (Lipinski definition) is 2. The van der Waals surface area contributed by atoms with E-state index in [4.69, 9.17) is 5.73 Å². The molecule has 1 rings (SSSR count). The van der Waals surface area contributed by atoms with Crippen LogP contribution in [-0.2, 0) is 9.59 Å². The lowest BCUT2D eigenvalue weighted by Gasteiger charge is -2.27. The number of rotatable bonds is 3. The van der Waals surface area contributed by atoms with Crippen LogP contribution in [0.25, 0.3) is 0 Å². The SMILES string of the molecule is CCC1CCC(C)N1C(=O)C(=O)NCCN. The molecule has 1 aliphatic rings. The van der Waals surface area contributed by atoms with E-state index in [1.54, 1.807) is 4.90 Å². The van der Waals surface area contributed by atoms with Crippen LogP contribution in [0.4, 0.5) is 0 Å². The standard InChI is InChI=1S/C11H21N3O2/c1-3-9-5-4-8(2)14(9)11(16)10(15)13-7-6-12/h8-9H,3-7,12H2,1-2H3,(H,13,15). The maximum atomic E-state index is 11.9. The van der Waals surface area contributed by atoms with Gasteiger partial charge in [0.2, 0.25) is 0 Å². The molecule has 1 aliphatic heterocycles. The van der Waals surface area contributed by atoms with E-state index in [0.717, 1.165) is 19.3 Å². The van der Waals surface area contributed by atoms with E-state index in [1.807, 2.05) is 13.8 Å². The zero-order valence-electron chi connectivity index (χ0n) is 10.0. The summed E-state index contributed by atoms with van der Waals surface area (Å²) in [5.41, 5.74) is 5.27. The van der Waals surface area contributed by atoms with Crippen LogP contribution in [0.1, 0.15) is 33.1 Å². The zero-order chi connectivity index (χ0) is 12.1. The summed E-state index contributed by atoms with van der Waals surface area (Å²) in [6.07, 6.45) is 2.88. The number of nitrogens with one attached hydrogen (secondary N) is 1. The van der Waals surface area contributed by atoms with Gasteiger partial charge in [-0.25, -0.2) is 0 Å². The highest BCUT2D eigenvalue weighted by Gasteiger charge is 2.35. The lowest BCUT2D eigenvalue weighted by Crippen LogP contribution is -2.48. The van der Waals surface area contributed by atoms with Crippen LogP contribution in [0.5, 0.6) is 0 Å². The summed E-state index contributed by atoms with van der Waals surface area (Å²) in [5.74, 6) is -0.942. The molecule has 0 bridgehead atoms. The number of nitrogens with two attached hydrogens (primary N) is 1. The number of carbonyl (C=O) groups excluding carboxylic acids is 2. The Morgan fingerprint density at radius 3 is 2.69 bits per heavy atom. The first-order chi connectivity index (χ1) is 7.61. The van der Waals surface area contributed by atoms with Crippen molar-refractivity contribution in [2.45, 2.75) is 45.2 Å². The summed E-state index contributed by atoms with van der Waals surface area (Å²) in [4.78, 5) is 25.2. The molecule has 2 atom stereocenters. The van der Waals surface area contributed by atoms with Gasteiger partial charge >= 0.3 is 11.8 Å². The van der Waals surface area contributed by atoms with Crippen molar-refractivity contribution in [2.24, 2.45) is 5.73 Å². The fraction of sp³-hybridized carbons (Fsp3) is 0.818. The summed E-state index contributed by atoms with van der Waals surface area (Å²) in [7, 11) is 0. The third-order valence-corrected chi connectivity index (χ3v) is 3.12. The minimum atomic E-state index is -0.530. The van der Waals surface area contributed by atoms with Crippen molar-refractivity contribution >= 4 is 11.8 Å². The Morgan fingerprint density at radius 1 is 1.44 bits per heavy atom. The second-order valence-corrected chi connectivity index (χ2v) is 4.25. The number of hydrogen-bond acceptors (Lipinski definition) is 3. The molecular weight excluding hydrogens is 206 g/mol. The third-order valence-electron chi connectivity index (χ3n) is 3.12. The maximum Gasteiger partial charge on any atom is 0.312 e. The summed E-state index contributed by atoms with van der Waals surface area (Å²) >= 11 is 0. The second-order valence-electron chi connectivity index (χ2n) is 4.25. The van der Waals surface area contributed by atoms with Gasteiger partial charge in [-0.3, -0.25) is 9.59 Å². The highest BCUT2D eigenvalue weighted by atomic mass is 16.2. The maximum absolute atomic E-state index is 11.9. The summed E-state index contributed by atoms with van der Waals surface area (Å²) < 4.78 is 0. The van der Waals surface area contributed by atoms with Crippen molar-refractivity contribution in [3.63, 3.8) is 0 Å². The molecule has 0 aromatic rings. The molecule has 2 unspecified atom stereocenters. The van der Waals surface area contributed by atoms with Crippen LogP contribution in [0.3, 0.4) is 0 Å². The van der Waals surface area contributed by atoms with E-state index in [1.165, 1.54) is 0 Å². The Balaban J connectivity index is 2.60. The van der Waals surface area contributed by atoms with Crippen LogP contribution >= 0.6 is 0 Å². The quantitative estimate of drug-likeness (QED) is 0.658. The van der Waals surface area contributed by atoms with Gasteiger partial charge in [0.15, 0.2) is 0 Å². The van der Waals surface area contributed by atoms with Crippen molar-refractivity contribution in [1.29, 1.82) is 0 Å². The van der Waals surface area contributed by atoms with Gasteiger partial charge in [-0.15, -0.1) is 0 Å². The molecule has 5 heteroatoms. The summed E-state index contributed by atoms with van der Waals surface area (Å²) in [5, 5.41) is 2.52. The van der Waals surface area contributed by atoms with Crippen LogP contribution in [0.2, 0.25) is 0 Å². The lowest BCUT2D eigenvalue weighted by atomic mass is 10.1. The minimum absolute atomic E-state index is 0.168. The molecule has 5 nitrogen and oxygen atoms in total. The van der Waals surface area contributed by atoms with Crippen LogP contribution in [-0.4, -0.2) is 41.9 Å². The van der Waals surface area contributed by atoms with Gasteiger partial charge in [-0.2, -0.15) is 0 Å². The Bertz CT molecular complexity index is 268. The fourth-order valence-electron chi connectivity index (χ4n) is 2.22. The van der Waals surface area contributed by atoms with Crippen LogP contribution < -0.4 is 11.1 Å². The van der Waals surface area contributed by atoms with Gasteiger partial charge in [0.05, 0.1) is 0 Å². The predicted octanol–water partition coefficient (Wildman–Crippen LogP) is -0.149. The highest BCUT2D eigenvalue weighted by molar-refractivity contribution is 6.35. The Labute approximate surface area is 96.4 Å². The van der Waals surface area contributed by atoms with E-state index in [-0.39, 0.29) is 12.1 Å². The molecule has 2 amide bonds. The summed E-state index contributed by atoms with van der Waals surface area (Å²) in [6.45, 7) is 4.74. The number of amides is 2. The molecule has 0 spiro atoms. The molecule has 0 aliphatic carbocycles. The fourth-order valence-corrected chi connectivity index (χ4v) is 2.22. The molecule has 3 N–H and O–H groups in total. The highest BCUT2D eigenvalue weighted by Crippen LogP contribution is 2.25. The van der Waals surface area contributed by atoms with Gasteiger partial charge in [0.25, 0.3) is 0 Å². The molecule has 1 fully saturated rings. The molecule has 0 saturated carbocycles. The molecular formula is C11H21N3O2. The first-order valence-corrected chi connectivity index (χ1v) is 5.92. The van der Waals surface area contributed by atoms with Gasteiger partial charge in [-0.05, 0) is 26.2 Å². The van der Waals surface area contributed by atoms with Crippen LogP contribution in [0, 0.1) is 0 Å². The Kier molecular flexibility index (Phi) is 4.73. The normalized spacial score (nSPS) is 24.6. The minimum Gasteiger partial charge on any atom is -0.347 e. The largest absolute Gasteiger partial charge is 0.347 e. The van der Waals surface area contributed by atoms with E-state index < -0.39 is 11.8 Å². The van der Waals surface area contributed by atoms with Crippen molar-refractivity contribution in [2.75, 3.05) is 13.1 Å². The molecule has 0 radical (unpaired) electrons. The average Bonchev–Trinajstić information content (AvgIpc) is 2.66. The number of likely N-dealkylation sites (tertiary alicyclic amines) is 1. The molecule has 16 heavy (non-hydrogen) atoms. The van der Waals surface area contributed by atoms with Crippen molar-refractivity contribution in [3.8, 4) is 0 Å². The van der Waals surface area contributed by atoms with Gasteiger partial charge in [0, 0.05) is 25.2 Å². The van der Waals surface area contributed by atoms with E-state index in [2.05, 4.69) is 5.32 Å². The predicted molar refractivity (Wildman–Crippen MR) is 61.7 cm³/mol. The van der Waals surface area contributed by atoms with Crippen molar-refractivity contribution < 1.29 is 9.59 Å². The molecule has 0 aromatic heterocycles. The van der Waals surface area contributed by atoms with E-state index in [9.17, 15) is 9.59 Å². The van der Waals surface area contributed by atoms with Crippen molar-refractivity contribution in [3.05, 3.63) is 0 Å². The molecule has 1 heterocycles. The van der Waals surface area contributed by atoms with Crippen LogP contribution in [0.15, 0.2) is 0 Å². The number of nitrogens with zero attached hydrogens (tertiary/aromatic N) is 1. The smallest absolute Gasteiger partial charge is 0.312 e. The van der Waals surface area contributed by atoms with E-state index >= 15 is 0 Å². The van der Waals surface area contributed by atoms with Gasteiger partial charge in [0.1, 0.15) is 0 Å². The Hall–Kier alpha value is -1.10. The third kappa shape index (κ3) is 2.72. The Morgan fingerprint density at radius 2 is 2.12 bits per heavy atom. The molecule has 92 valence electrons. The molecule has 1 saturated heterocycles.